The average molecular weight is 386 g/mol. The molecule has 3 N–H and O–H groups in total. The number of rotatable bonds is 6. The molecular weight excluding hydrogens is 368 g/mol. The topological polar surface area (TPSA) is 123 Å². The first-order chi connectivity index (χ1) is 13.3. The lowest BCUT2D eigenvalue weighted by Crippen LogP contribution is -2.16. The number of cyclic esters (lactones) is 1. The minimum Gasteiger partial charge on any atom is -0.508 e. The summed E-state index contributed by atoms with van der Waals surface area (Å²) in [7, 11) is 2.75. The van der Waals surface area contributed by atoms with Crippen LogP contribution in [0.2, 0.25) is 0 Å². The molecule has 0 amide bonds. The van der Waals surface area contributed by atoms with Gasteiger partial charge in [-0.15, -0.1) is 0 Å². The Labute approximate surface area is 160 Å². The number of esters is 1. The van der Waals surface area contributed by atoms with Crippen LogP contribution in [-0.4, -0.2) is 47.6 Å². The highest BCUT2D eigenvalue weighted by atomic mass is 16.5. The van der Waals surface area contributed by atoms with Crippen molar-refractivity contribution in [1.82, 2.24) is 0 Å². The van der Waals surface area contributed by atoms with Gasteiger partial charge in [0.25, 0.3) is 0 Å². The van der Waals surface area contributed by atoms with E-state index in [1.165, 1.54) is 32.4 Å². The molecule has 2 aromatic carbocycles. The maximum Gasteiger partial charge on any atom is 0.331 e. The maximum absolute atomic E-state index is 11.7. The lowest BCUT2D eigenvalue weighted by Gasteiger charge is -2.20. The summed E-state index contributed by atoms with van der Waals surface area (Å²) < 4.78 is 15.8. The van der Waals surface area contributed by atoms with Crippen LogP contribution in [0.5, 0.6) is 23.0 Å². The number of aromatic hydroxyl groups is 2. The molecule has 0 saturated carbocycles. The van der Waals surface area contributed by atoms with E-state index in [4.69, 9.17) is 19.3 Å². The van der Waals surface area contributed by atoms with Crippen LogP contribution in [0.15, 0.2) is 36.4 Å². The van der Waals surface area contributed by atoms with Crippen molar-refractivity contribution in [2.75, 3.05) is 14.2 Å². The molecule has 2 aromatic rings. The Bertz CT molecular complexity index is 959. The number of carboxylic acids is 1. The molecule has 0 radical (unpaired) electrons. The molecule has 0 fully saturated rings. The Morgan fingerprint density at radius 2 is 1.82 bits per heavy atom. The van der Waals surface area contributed by atoms with Crippen molar-refractivity contribution in [3.05, 3.63) is 42.0 Å². The lowest BCUT2D eigenvalue weighted by molar-refractivity contribution is -0.144. The molecule has 0 aromatic heterocycles. The first kappa shape index (κ1) is 19.1. The minimum absolute atomic E-state index is 0.0452. The highest BCUT2D eigenvalue weighted by Crippen LogP contribution is 2.49. The summed E-state index contributed by atoms with van der Waals surface area (Å²) in [5.74, 6) is -1.69. The Kier molecular flexibility index (Phi) is 5.12. The van der Waals surface area contributed by atoms with Crippen molar-refractivity contribution in [3.8, 4) is 34.1 Å². The summed E-state index contributed by atoms with van der Waals surface area (Å²) in [6.07, 6.45) is -0.267. The van der Waals surface area contributed by atoms with E-state index in [0.29, 0.717) is 11.1 Å². The van der Waals surface area contributed by atoms with Gasteiger partial charge in [-0.2, -0.15) is 0 Å². The van der Waals surface area contributed by atoms with Crippen LogP contribution in [-0.2, 0) is 14.3 Å². The molecule has 28 heavy (non-hydrogen) atoms. The Morgan fingerprint density at radius 3 is 2.39 bits per heavy atom. The van der Waals surface area contributed by atoms with Gasteiger partial charge in [-0.25, -0.2) is 4.79 Å². The fraction of sp³-hybridized carbons (Fsp3) is 0.200. The molecule has 0 aliphatic carbocycles. The van der Waals surface area contributed by atoms with E-state index in [0.717, 1.165) is 0 Å². The fourth-order valence-corrected chi connectivity index (χ4v) is 3.13. The summed E-state index contributed by atoms with van der Waals surface area (Å²) in [5.41, 5.74) is 1.45. The highest BCUT2D eigenvalue weighted by Gasteiger charge is 2.33. The number of phenols is 2. The third-order valence-electron chi connectivity index (χ3n) is 4.35. The number of carbonyl (C=O) groups excluding carboxylic acids is 1. The number of carbonyl (C=O) groups is 2. The zero-order chi connectivity index (χ0) is 20.4. The Morgan fingerprint density at radius 1 is 1.14 bits per heavy atom. The molecular formula is C20H18O8. The van der Waals surface area contributed by atoms with E-state index in [1.54, 1.807) is 18.2 Å². The smallest absolute Gasteiger partial charge is 0.331 e. The molecule has 1 aliphatic heterocycles. The number of methoxy groups -OCH3 is 2. The summed E-state index contributed by atoms with van der Waals surface area (Å²) in [6.45, 7) is 0. The molecule has 1 heterocycles. The van der Waals surface area contributed by atoms with Crippen LogP contribution < -0.4 is 9.47 Å². The number of carboxylic acid groups (broad SMARTS) is 1. The van der Waals surface area contributed by atoms with Crippen molar-refractivity contribution in [3.63, 3.8) is 0 Å². The number of ether oxygens (including phenoxy) is 3. The number of aliphatic carboxylic acids is 1. The Hall–Kier alpha value is -3.68. The van der Waals surface area contributed by atoms with E-state index >= 15 is 0 Å². The van der Waals surface area contributed by atoms with Gasteiger partial charge < -0.3 is 29.5 Å². The van der Waals surface area contributed by atoms with Crippen LogP contribution in [0, 0.1) is 0 Å². The SMILES string of the molecule is COc1cc(C2=CC(=O)OC2CC(=O)O)c(OC)c(O)c1-c1ccc(O)cc1. The summed E-state index contributed by atoms with van der Waals surface area (Å²) in [6, 6.07) is 7.66. The largest absolute Gasteiger partial charge is 0.508 e. The standard InChI is InChI=1S/C20H18O8/c1-26-15-7-13(12-8-17(24)28-14(12)9-16(22)23)20(27-2)19(25)18(15)10-3-5-11(21)6-4-10/h3-8,14,21,25H,9H2,1-2H3,(H,22,23). The van der Waals surface area contributed by atoms with Gasteiger partial charge in [0.15, 0.2) is 11.5 Å². The molecule has 1 aliphatic rings. The van der Waals surface area contributed by atoms with Gasteiger partial charge in [0.05, 0.1) is 26.2 Å². The van der Waals surface area contributed by atoms with Crippen LogP contribution in [0.25, 0.3) is 16.7 Å². The minimum atomic E-state index is -1.14. The molecule has 8 nitrogen and oxygen atoms in total. The van der Waals surface area contributed by atoms with E-state index in [2.05, 4.69) is 0 Å². The average Bonchev–Trinajstić information content (AvgIpc) is 3.01. The molecule has 8 heteroatoms. The van der Waals surface area contributed by atoms with Crippen molar-refractivity contribution >= 4 is 17.5 Å². The van der Waals surface area contributed by atoms with Gasteiger partial charge in [0.2, 0.25) is 0 Å². The van der Waals surface area contributed by atoms with Gasteiger partial charge in [-0.1, -0.05) is 12.1 Å². The van der Waals surface area contributed by atoms with Crippen LogP contribution >= 0.6 is 0 Å². The summed E-state index contributed by atoms with van der Waals surface area (Å²) in [5, 5.41) is 29.4. The molecule has 1 atom stereocenters. The fourth-order valence-electron chi connectivity index (χ4n) is 3.13. The molecule has 3 rings (SSSR count). The van der Waals surface area contributed by atoms with Gasteiger partial charge in [0, 0.05) is 17.2 Å². The molecule has 0 spiro atoms. The number of benzene rings is 2. The lowest BCUT2D eigenvalue weighted by atomic mass is 9.93. The van der Waals surface area contributed by atoms with Crippen LogP contribution in [0.1, 0.15) is 12.0 Å². The predicted octanol–water partition coefficient (Wildman–Crippen LogP) is 2.57. The van der Waals surface area contributed by atoms with Gasteiger partial charge in [0.1, 0.15) is 17.6 Å². The molecule has 0 bridgehead atoms. The Balaban J connectivity index is 2.20. The van der Waals surface area contributed by atoms with Crippen molar-refractivity contribution in [1.29, 1.82) is 0 Å². The third kappa shape index (κ3) is 3.44. The van der Waals surface area contributed by atoms with Crippen molar-refractivity contribution < 1.29 is 39.1 Å². The normalized spacial score (nSPS) is 15.7. The number of phenolic OH excluding ortho intramolecular Hbond substituents is 2. The van der Waals surface area contributed by atoms with E-state index in [1.807, 2.05) is 0 Å². The first-order valence-corrected chi connectivity index (χ1v) is 8.27. The first-order valence-electron chi connectivity index (χ1n) is 8.27. The maximum atomic E-state index is 11.7. The van der Waals surface area contributed by atoms with Gasteiger partial charge >= 0.3 is 11.9 Å². The third-order valence-corrected chi connectivity index (χ3v) is 4.35. The second kappa shape index (κ2) is 7.51. The number of hydrogen-bond acceptors (Lipinski definition) is 7. The monoisotopic (exact) mass is 386 g/mol. The molecule has 1 unspecified atom stereocenters. The summed E-state index contributed by atoms with van der Waals surface area (Å²) >= 11 is 0. The zero-order valence-corrected chi connectivity index (χ0v) is 15.1. The highest BCUT2D eigenvalue weighted by molar-refractivity contribution is 6.00. The van der Waals surface area contributed by atoms with Gasteiger partial charge in [-0.3, -0.25) is 4.79 Å². The van der Waals surface area contributed by atoms with E-state index in [9.17, 15) is 19.8 Å². The van der Waals surface area contributed by atoms with Crippen molar-refractivity contribution in [2.24, 2.45) is 0 Å². The van der Waals surface area contributed by atoms with E-state index in [-0.39, 0.29) is 34.1 Å². The molecule has 0 saturated heterocycles. The number of hydrogen-bond donors (Lipinski definition) is 3. The second-order valence-corrected chi connectivity index (χ2v) is 6.05. The molecule has 146 valence electrons. The second-order valence-electron chi connectivity index (χ2n) is 6.05. The quantitative estimate of drug-likeness (QED) is 0.648. The van der Waals surface area contributed by atoms with E-state index < -0.39 is 24.5 Å². The summed E-state index contributed by atoms with van der Waals surface area (Å²) in [4.78, 5) is 22.8. The predicted molar refractivity (Wildman–Crippen MR) is 98.4 cm³/mol. The van der Waals surface area contributed by atoms with Crippen LogP contribution in [0.3, 0.4) is 0 Å². The van der Waals surface area contributed by atoms with Crippen molar-refractivity contribution in [2.45, 2.75) is 12.5 Å². The van der Waals surface area contributed by atoms with Crippen LogP contribution in [0.4, 0.5) is 0 Å². The van der Waals surface area contributed by atoms with Gasteiger partial charge in [-0.05, 0) is 23.8 Å². The zero-order valence-electron chi connectivity index (χ0n) is 15.1.